The van der Waals surface area contributed by atoms with E-state index in [-0.39, 0.29) is 11.8 Å². The summed E-state index contributed by atoms with van der Waals surface area (Å²) < 4.78 is 5.42. The largest absolute Gasteiger partial charge is 0.444 e. The highest BCUT2D eigenvalue weighted by atomic mass is 16.6. The van der Waals surface area contributed by atoms with E-state index in [9.17, 15) is 9.59 Å². The van der Waals surface area contributed by atoms with Crippen molar-refractivity contribution in [3.05, 3.63) is 66.1 Å². The fourth-order valence-electron chi connectivity index (χ4n) is 3.70. The van der Waals surface area contributed by atoms with Crippen molar-refractivity contribution in [1.29, 1.82) is 0 Å². The summed E-state index contributed by atoms with van der Waals surface area (Å²) in [6.45, 7) is 10.3. The molecule has 0 fully saturated rings. The first-order chi connectivity index (χ1) is 15.6. The van der Waals surface area contributed by atoms with E-state index in [1.807, 2.05) is 50.4 Å². The van der Waals surface area contributed by atoms with Crippen LogP contribution in [0.3, 0.4) is 0 Å². The van der Waals surface area contributed by atoms with E-state index in [1.54, 1.807) is 38.1 Å². The first kappa shape index (κ1) is 24.3. The average Bonchev–Trinajstić information content (AvgIpc) is 3.19. The second-order valence-electron chi connectivity index (χ2n) is 9.78. The molecule has 1 unspecified atom stereocenters. The number of nitrogens with one attached hydrogen (secondary N) is 2. The van der Waals surface area contributed by atoms with Crippen molar-refractivity contribution in [2.24, 2.45) is 5.92 Å². The van der Waals surface area contributed by atoms with Crippen molar-refractivity contribution in [2.45, 2.75) is 65.8 Å². The van der Waals surface area contributed by atoms with Gasteiger partial charge in [-0.05, 0) is 80.0 Å². The van der Waals surface area contributed by atoms with Crippen molar-refractivity contribution < 1.29 is 14.3 Å². The molecule has 1 atom stereocenters. The van der Waals surface area contributed by atoms with Gasteiger partial charge in [-0.2, -0.15) is 0 Å². The van der Waals surface area contributed by atoms with Gasteiger partial charge in [0, 0.05) is 37.2 Å². The van der Waals surface area contributed by atoms with Crippen molar-refractivity contribution in [3.63, 3.8) is 0 Å². The van der Waals surface area contributed by atoms with E-state index >= 15 is 0 Å². The van der Waals surface area contributed by atoms with E-state index < -0.39 is 17.7 Å². The summed E-state index contributed by atoms with van der Waals surface area (Å²) in [5.74, 6) is 0.0772. The zero-order chi connectivity index (χ0) is 24.0. The van der Waals surface area contributed by atoms with Crippen LogP contribution in [0, 0.1) is 5.92 Å². The first-order valence-electron chi connectivity index (χ1n) is 11.3. The highest BCUT2D eigenvalue weighted by Crippen LogP contribution is 2.19. The van der Waals surface area contributed by atoms with Crippen LogP contribution in [0.15, 0.2) is 55.0 Å². The van der Waals surface area contributed by atoms with Gasteiger partial charge in [0.2, 0.25) is 5.91 Å². The summed E-state index contributed by atoms with van der Waals surface area (Å²) in [5.41, 5.74) is 2.40. The fourth-order valence-corrected chi connectivity index (χ4v) is 3.70. The topological polar surface area (TPSA) is 87.3 Å². The van der Waals surface area contributed by atoms with Gasteiger partial charge in [0.1, 0.15) is 11.6 Å². The lowest BCUT2D eigenvalue weighted by Crippen LogP contribution is -2.49. The maximum absolute atomic E-state index is 13.7. The number of ether oxygens (including phenoxy) is 1. The second-order valence-corrected chi connectivity index (χ2v) is 9.78. The molecule has 1 aromatic carbocycles. The number of benzene rings is 1. The summed E-state index contributed by atoms with van der Waals surface area (Å²) in [6.07, 6.45) is 5.27. The molecule has 3 rings (SSSR count). The van der Waals surface area contributed by atoms with E-state index in [2.05, 4.69) is 21.4 Å². The number of pyridine rings is 1. The molecule has 2 amide bonds. The Labute approximate surface area is 195 Å². The minimum absolute atomic E-state index is 0.138. The Morgan fingerprint density at radius 3 is 2.42 bits per heavy atom. The molecule has 0 saturated heterocycles. The molecule has 0 aliphatic carbocycles. The number of amides is 2. The first-order valence-corrected chi connectivity index (χ1v) is 11.3. The smallest absolute Gasteiger partial charge is 0.408 e. The summed E-state index contributed by atoms with van der Waals surface area (Å²) in [4.78, 5) is 35.3. The lowest BCUT2D eigenvalue weighted by molar-refractivity contribution is -0.135. The van der Waals surface area contributed by atoms with Gasteiger partial charge in [-0.15, -0.1) is 0 Å². The van der Waals surface area contributed by atoms with Gasteiger partial charge in [-0.1, -0.05) is 19.9 Å². The Bertz CT molecular complexity index is 1070. The number of aromatic amines is 1. The van der Waals surface area contributed by atoms with Crippen LogP contribution >= 0.6 is 0 Å². The van der Waals surface area contributed by atoms with Crippen LogP contribution in [0.1, 0.15) is 52.2 Å². The number of hydrogen-bond donors (Lipinski definition) is 2. The van der Waals surface area contributed by atoms with Gasteiger partial charge in [-0.25, -0.2) is 4.79 Å². The molecule has 176 valence electrons. The molecule has 2 aromatic heterocycles. The third-order valence-electron chi connectivity index (χ3n) is 5.12. The van der Waals surface area contributed by atoms with Gasteiger partial charge >= 0.3 is 6.09 Å². The standard InChI is InChI=1S/C26H34N4O3/c1-18(2)14-23(29-25(32)33-26(3,4)5)24(31)30(16-19-8-11-27-12-9-19)17-20-6-7-22-21(15-20)10-13-28-22/h6-13,15,18,23,28H,14,16-17H2,1-5H3,(H,29,32). The van der Waals surface area contributed by atoms with Crippen LogP contribution in [0.2, 0.25) is 0 Å². The quantitative estimate of drug-likeness (QED) is 0.504. The van der Waals surface area contributed by atoms with E-state index in [1.165, 1.54) is 0 Å². The number of carbonyl (C=O) groups is 2. The lowest BCUT2D eigenvalue weighted by atomic mass is 10.0. The SMILES string of the molecule is CC(C)CC(NC(=O)OC(C)(C)C)C(=O)N(Cc1ccncc1)Cc1ccc2[nH]ccc2c1. The molecular weight excluding hydrogens is 416 g/mol. The number of carbonyl (C=O) groups excluding carboxylic acids is 2. The fraction of sp³-hybridized carbons (Fsp3) is 0.423. The third-order valence-corrected chi connectivity index (χ3v) is 5.12. The summed E-state index contributed by atoms with van der Waals surface area (Å²) in [7, 11) is 0. The number of alkyl carbamates (subject to hydrolysis) is 1. The number of aromatic nitrogens is 2. The molecule has 2 N–H and O–H groups in total. The Morgan fingerprint density at radius 2 is 1.76 bits per heavy atom. The lowest BCUT2D eigenvalue weighted by Gasteiger charge is -2.30. The minimum atomic E-state index is -0.683. The minimum Gasteiger partial charge on any atom is -0.444 e. The maximum Gasteiger partial charge on any atom is 0.408 e. The Balaban J connectivity index is 1.86. The van der Waals surface area contributed by atoms with Crippen molar-refractivity contribution >= 4 is 22.9 Å². The van der Waals surface area contributed by atoms with Gasteiger partial charge in [0.15, 0.2) is 0 Å². The Kier molecular flexibility index (Phi) is 7.74. The highest BCUT2D eigenvalue weighted by molar-refractivity contribution is 5.86. The predicted molar refractivity (Wildman–Crippen MR) is 129 cm³/mol. The summed E-state index contributed by atoms with van der Waals surface area (Å²) in [5, 5.41) is 3.90. The Morgan fingerprint density at radius 1 is 1.06 bits per heavy atom. The molecule has 33 heavy (non-hydrogen) atoms. The molecule has 0 saturated carbocycles. The number of fused-ring (bicyclic) bond motifs is 1. The molecule has 0 aliphatic rings. The van der Waals surface area contributed by atoms with Crippen LogP contribution in [-0.4, -0.2) is 38.5 Å². The van der Waals surface area contributed by atoms with Crippen LogP contribution in [0.25, 0.3) is 10.9 Å². The molecule has 7 heteroatoms. The monoisotopic (exact) mass is 450 g/mol. The summed E-state index contributed by atoms with van der Waals surface area (Å²) >= 11 is 0. The zero-order valence-electron chi connectivity index (χ0n) is 20.1. The number of hydrogen-bond acceptors (Lipinski definition) is 4. The maximum atomic E-state index is 13.7. The molecule has 0 spiro atoms. The van der Waals surface area contributed by atoms with Gasteiger partial charge in [0.05, 0.1) is 0 Å². The Hall–Kier alpha value is -3.35. The number of nitrogens with zero attached hydrogens (tertiary/aromatic N) is 2. The number of H-pyrrole nitrogens is 1. The van der Waals surface area contributed by atoms with Crippen molar-refractivity contribution in [3.8, 4) is 0 Å². The van der Waals surface area contributed by atoms with Crippen LogP contribution in [-0.2, 0) is 22.6 Å². The van der Waals surface area contributed by atoms with Crippen LogP contribution in [0.5, 0.6) is 0 Å². The third kappa shape index (κ3) is 7.34. The molecule has 0 bridgehead atoms. The van der Waals surface area contributed by atoms with E-state index in [0.717, 1.165) is 22.0 Å². The molecule has 0 radical (unpaired) electrons. The van der Waals surface area contributed by atoms with Gasteiger partial charge < -0.3 is 19.9 Å². The average molecular weight is 451 g/mol. The molecule has 2 heterocycles. The highest BCUT2D eigenvalue weighted by Gasteiger charge is 2.29. The molecule has 3 aromatic rings. The van der Waals surface area contributed by atoms with E-state index in [4.69, 9.17) is 4.74 Å². The molecule has 7 nitrogen and oxygen atoms in total. The second kappa shape index (κ2) is 10.5. The van der Waals surface area contributed by atoms with Crippen LogP contribution in [0.4, 0.5) is 4.79 Å². The van der Waals surface area contributed by atoms with E-state index in [0.29, 0.717) is 19.5 Å². The van der Waals surface area contributed by atoms with Gasteiger partial charge in [-0.3, -0.25) is 9.78 Å². The number of rotatable bonds is 8. The molecule has 0 aliphatic heterocycles. The van der Waals surface area contributed by atoms with Crippen molar-refractivity contribution in [2.75, 3.05) is 0 Å². The summed E-state index contributed by atoms with van der Waals surface area (Å²) in [6, 6.07) is 11.2. The zero-order valence-corrected chi connectivity index (χ0v) is 20.1. The van der Waals surface area contributed by atoms with Gasteiger partial charge in [0.25, 0.3) is 0 Å². The van der Waals surface area contributed by atoms with Crippen molar-refractivity contribution in [1.82, 2.24) is 20.2 Å². The normalized spacial score (nSPS) is 12.5. The van der Waals surface area contributed by atoms with Crippen LogP contribution < -0.4 is 5.32 Å². The molecular formula is C26H34N4O3. The predicted octanol–water partition coefficient (Wildman–Crippen LogP) is 5.03.